The van der Waals surface area contributed by atoms with E-state index in [1.807, 2.05) is 0 Å². The van der Waals surface area contributed by atoms with Gasteiger partial charge in [-0.2, -0.15) is 13.2 Å². The van der Waals surface area contributed by atoms with Crippen molar-refractivity contribution in [3.05, 3.63) is 71.0 Å². The van der Waals surface area contributed by atoms with Crippen LogP contribution in [0.3, 0.4) is 0 Å². The average Bonchev–Trinajstić information content (AvgIpc) is 3.15. The normalized spacial score (nSPS) is 17.2. The molecule has 0 spiro atoms. The molecule has 1 fully saturated rings. The second-order valence-electron chi connectivity index (χ2n) is 4.96. The number of halogens is 3. The summed E-state index contributed by atoms with van der Waals surface area (Å²) in [6, 6.07) is 8.00. The van der Waals surface area contributed by atoms with Gasteiger partial charge in [0.15, 0.2) is 4.32 Å². The van der Waals surface area contributed by atoms with E-state index in [1.165, 1.54) is 18.4 Å². The van der Waals surface area contributed by atoms with Gasteiger partial charge in [-0.3, -0.25) is 9.69 Å². The molecule has 0 N–H and O–H groups in total. The highest BCUT2D eigenvalue weighted by Gasteiger charge is 2.35. The van der Waals surface area contributed by atoms with E-state index in [-0.39, 0.29) is 10.0 Å². The van der Waals surface area contributed by atoms with E-state index in [4.69, 9.17) is 16.6 Å². The van der Waals surface area contributed by atoms with E-state index >= 15 is 0 Å². The fourth-order valence-corrected chi connectivity index (χ4v) is 3.39. The molecule has 1 aromatic heterocycles. The maximum atomic E-state index is 12.9. The number of hydrogen-bond donors (Lipinski definition) is 0. The Morgan fingerprint density at radius 3 is 2.68 bits per heavy atom. The molecule has 1 amide bonds. The molecule has 0 unspecified atom stereocenters. The van der Waals surface area contributed by atoms with Gasteiger partial charge in [-0.15, -0.1) is 0 Å². The highest BCUT2D eigenvalue weighted by atomic mass is 32.2. The number of thiocarbonyl (C=S) groups is 1. The molecule has 0 bridgehead atoms. The van der Waals surface area contributed by atoms with Crippen LogP contribution in [0.25, 0.3) is 6.08 Å². The molecule has 3 nitrogen and oxygen atoms in total. The van der Waals surface area contributed by atoms with Gasteiger partial charge in [0.1, 0.15) is 5.76 Å². The maximum absolute atomic E-state index is 12.9. The van der Waals surface area contributed by atoms with E-state index in [9.17, 15) is 18.0 Å². The van der Waals surface area contributed by atoms with E-state index in [1.54, 1.807) is 30.4 Å². The molecule has 1 aliphatic heterocycles. The number of allylic oxidation sites excluding steroid dienone is 2. The highest BCUT2D eigenvalue weighted by Crippen LogP contribution is 2.37. The summed E-state index contributed by atoms with van der Waals surface area (Å²) in [5.74, 6) is 0.156. The van der Waals surface area contributed by atoms with E-state index in [2.05, 4.69) is 0 Å². The molecule has 0 radical (unpaired) electrons. The predicted molar refractivity (Wildman–Crippen MR) is 94.9 cm³/mol. The van der Waals surface area contributed by atoms with Crippen LogP contribution in [0.2, 0.25) is 0 Å². The van der Waals surface area contributed by atoms with E-state index < -0.39 is 17.6 Å². The number of furan rings is 1. The zero-order valence-corrected chi connectivity index (χ0v) is 14.1. The Hall–Kier alpha value is -2.32. The summed E-state index contributed by atoms with van der Waals surface area (Å²) >= 11 is 6.18. The first-order valence-electron chi connectivity index (χ1n) is 7.01. The van der Waals surface area contributed by atoms with Crippen LogP contribution in [-0.4, -0.2) is 10.2 Å². The Kier molecular flexibility index (Phi) is 4.82. The van der Waals surface area contributed by atoms with Gasteiger partial charge in [-0.05, 0) is 42.5 Å². The number of benzene rings is 1. The Morgan fingerprint density at radius 2 is 2.00 bits per heavy atom. The van der Waals surface area contributed by atoms with E-state index in [0.717, 1.165) is 28.8 Å². The summed E-state index contributed by atoms with van der Waals surface area (Å²) in [4.78, 5) is 13.9. The lowest BCUT2D eigenvalue weighted by Gasteiger charge is -2.16. The van der Waals surface area contributed by atoms with Crippen LogP contribution < -0.4 is 4.90 Å². The minimum absolute atomic E-state index is 0.0933. The number of alkyl halides is 3. The van der Waals surface area contributed by atoms with Crippen molar-refractivity contribution in [2.45, 2.75) is 6.18 Å². The van der Waals surface area contributed by atoms with Gasteiger partial charge >= 0.3 is 6.18 Å². The Labute approximate surface area is 150 Å². The quantitative estimate of drug-likeness (QED) is 0.536. The topological polar surface area (TPSA) is 33.5 Å². The second kappa shape index (κ2) is 6.89. The lowest BCUT2D eigenvalue weighted by Crippen LogP contribution is -2.27. The average molecular weight is 381 g/mol. The summed E-state index contributed by atoms with van der Waals surface area (Å²) in [7, 11) is 0. The van der Waals surface area contributed by atoms with Crippen molar-refractivity contribution in [1.82, 2.24) is 0 Å². The number of hydrogen-bond acceptors (Lipinski definition) is 4. The van der Waals surface area contributed by atoms with Crippen molar-refractivity contribution in [1.29, 1.82) is 0 Å². The molecule has 1 aromatic carbocycles. The molecule has 2 aromatic rings. The number of rotatable bonds is 3. The maximum Gasteiger partial charge on any atom is 0.416 e. The van der Waals surface area contributed by atoms with Crippen molar-refractivity contribution in [2.24, 2.45) is 0 Å². The highest BCUT2D eigenvalue weighted by molar-refractivity contribution is 8.27. The number of thioether (sulfide) groups is 1. The van der Waals surface area contributed by atoms with Gasteiger partial charge in [0.05, 0.1) is 22.4 Å². The van der Waals surface area contributed by atoms with Crippen LogP contribution in [0.1, 0.15) is 11.3 Å². The number of carbonyl (C=O) groups excluding carboxylic acids is 1. The molecule has 25 heavy (non-hydrogen) atoms. The van der Waals surface area contributed by atoms with Crippen molar-refractivity contribution < 1.29 is 22.4 Å². The molecule has 1 saturated heterocycles. The first-order chi connectivity index (χ1) is 11.9. The van der Waals surface area contributed by atoms with Crippen LogP contribution >= 0.6 is 24.0 Å². The molecular weight excluding hydrogens is 371 g/mol. The molecule has 2 heterocycles. The predicted octanol–water partition coefficient (Wildman–Crippen LogP) is 5.26. The number of carbonyl (C=O) groups is 1. The Bertz CT molecular complexity index is 870. The second-order valence-corrected chi connectivity index (χ2v) is 6.64. The summed E-state index contributed by atoms with van der Waals surface area (Å²) in [6.07, 6.45) is 1.87. The van der Waals surface area contributed by atoms with Crippen LogP contribution in [0.15, 0.2) is 64.1 Å². The van der Waals surface area contributed by atoms with Gasteiger partial charge in [0.2, 0.25) is 0 Å². The molecule has 1 aliphatic rings. The van der Waals surface area contributed by atoms with Gasteiger partial charge in [-0.25, -0.2) is 0 Å². The summed E-state index contributed by atoms with van der Waals surface area (Å²) < 4.78 is 43.9. The van der Waals surface area contributed by atoms with Crippen molar-refractivity contribution in [3.63, 3.8) is 0 Å². The fourth-order valence-electron chi connectivity index (χ4n) is 2.14. The van der Waals surface area contributed by atoms with Crippen LogP contribution in [0.4, 0.5) is 18.9 Å². The zero-order chi connectivity index (χ0) is 18.0. The van der Waals surface area contributed by atoms with Crippen molar-refractivity contribution in [2.75, 3.05) is 4.90 Å². The number of anilines is 1. The third kappa shape index (κ3) is 3.85. The first-order valence-corrected chi connectivity index (χ1v) is 8.24. The molecule has 0 saturated carbocycles. The number of nitrogens with zero attached hydrogens (tertiary/aromatic N) is 1. The standard InChI is InChI=1S/C17H10F3NO2S2/c18-17(19,20)11-4-1-5-12(10-11)21-15(22)14(25-16(21)24)8-2-6-13-7-3-9-23-13/h1-10H/b6-2+,14-8+. The van der Waals surface area contributed by atoms with Crippen LogP contribution in [0.5, 0.6) is 0 Å². The lowest BCUT2D eigenvalue weighted by atomic mass is 10.2. The Balaban J connectivity index is 1.84. The van der Waals surface area contributed by atoms with E-state index in [0.29, 0.717) is 10.7 Å². The van der Waals surface area contributed by atoms with Crippen molar-refractivity contribution >= 4 is 46.0 Å². The third-order valence-electron chi connectivity index (χ3n) is 3.28. The van der Waals surface area contributed by atoms with Crippen LogP contribution in [-0.2, 0) is 11.0 Å². The van der Waals surface area contributed by atoms with Gasteiger partial charge in [0.25, 0.3) is 5.91 Å². The van der Waals surface area contributed by atoms with Crippen molar-refractivity contribution in [3.8, 4) is 0 Å². The molecule has 0 atom stereocenters. The minimum atomic E-state index is -4.49. The summed E-state index contributed by atoms with van der Waals surface area (Å²) in [5, 5.41) is 0. The summed E-state index contributed by atoms with van der Waals surface area (Å²) in [5.41, 5.74) is -0.739. The smallest absolute Gasteiger partial charge is 0.416 e. The minimum Gasteiger partial charge on any atom is -0.465 e. The van der Waals surface area contributed by atoms with Gasteiger partial charge in [0, 0.05) is 0 Å². The summed E-state index contributed by atoms with van der Waals surface area (Å²) in [6.45, 7) is 0. The van der Waals surface area contributed by atoms with Crippen LogP contribution in [0, 0.1) is 0 Å². The zero-order valence-electron chi connectivity index (χ0n) is 12.5. The molecule has 0 aliphatic carbocycles. The first kappa shape index (κ1) is 17.5. The SMILES string of the molecule is O=C1/C(=C\C=C\c2ccco2)SC(=S)N1c1cccc(C(F)(F)F)c1. The molecule has 8 heteroatoms. The van der Waals surface area contributed by atoms with Gasteiger partial charge in [-0.1, -0.05) is 36.1 Å². The molecule has 128 valence electrons. The molecule has 3 rings (SSSR count). The van der Waals surface area contributed by atoms with Gasteiger partial charge < -0.3 is 4.42 Å². The number of amides is 1. The monoisotopic (exact) mass is 381 g/mol. The Morgan fingerprint density at radius 1 is 1.20 bits per heavy atom. The lowest BCUT2D eigenvalue weighted by molar-refractivity contribution is -0.137. The fraction of sp³-hybridized carbons (Fsp3) is 0.0588. The largest absolute Gasteiger partial charge is 0.465 e. The third-order valence-corrected chi connectivity index (χ3v) is 4.60. The molecular formula is C17H10F3NO2S2.